The molecule has 4 rings (SSSR count). The lowest BCUT2D eigenvalue weighted by Crippen LogP contribution is -2.28. The van der Waals surface area contributed by atoms with Gasteiger partial charge in [-0.2, -0.15) is 0 Å². The van der Waals surface area contributed by atoms with Gasteiger partial charge < -0.3 is 15.5 Å². The van der Waals surface area contributed by atoms with Crippen molar-refractivity contribution in [2.24, 2.45) is 29.6 Å². The Morgan fingerprint density at radius 1 is 1.08 bits per heavy atom. The molecular weight excluding hydrogens is 314 g/mol. The van der Waals surface area contributed by atoms with Crippen LogP contribution in [0.2, 0.25) is 0 Å². The first-order valence-corrected chi connectivity index (χ1v) is 9.30. The first kappa shape index (κ1) is 16.6. The maximum Gasteiger partial charge on any atom is 0.238 e. The highest BCUT2D eigenvalue weighted by Crippen LogP contribution is 2.69. The molecule has 0 aromatic heterocycles. The van der Waals surface area contributed by atoms with E-state index in [0.29, 0.717) is 24.1 Å². The van der Waals surface area contributed by atoms with Crippen LogP contribution in [0.4, 0.5) is 11.4 Å². The van der Waals surface area contributed by atoms with Crippen molar-refractivity contribution in [1.29, 1.82) is 0 Å². The lowest BCUT2D eigenvalue weighted by molar-refractivity contribution is -0.118. The highest BCUT2D eigenvalue weighted by atomic mass is 16.2. The van der Waals surface area contributed by atoms with E-state index in [1.807, 2.05) is 44.1 Å². The molecule has 0 radical (unpaired) electrons. The highest BCUT2D eigenvalue weighted by molar-refractivity contribution is 6.02. The van der Waals surface area contributed by atoms with Gasteiger partial charge in [0.05, 0.1) is 17.9 Å². The fraction of sp³-hybridized carbons (Fsp3) is 0.600. The van der Waals surface area contributed by atoms with Crippen molar-refractivity contribution < 1.29 is 9.59 Å². The summed E-state index contributed by atoms with van der Waals surface area (Å²) in [6.45, 7) is 2.31. The monoisotopic (exact) mass is 341 g/mol. The molecule has 0 aliphatic heterocycles. The molecule has 2 N–H and O–H groups in total. The van der Waals surface area contributed by atoms with E-state index >= 15 is 0 Å². The van der Waals surface area contributed by atoms with Crippen molar-refractivity contribution in [2.45, 2.75) is 26.2 Å². The second kappa shape index (κ2) is 6.13. The van der Waals surface area contributed by atoms with Crippen molar-refractivity contribution in [3.05, 3.63) is 23.8 Å². The van der Waals surface area contributed by atoms with Crippen LogP contribution in [0.1, 0.15) is 24.8 Å². The van der Waals surface area contributed by atoms with E-state index in [1.54, 1.807) is 0 Å². The SMILES string of the molecule is Cc1ccc(NC(=O)CN(C)C)c(NC(=O)C2[C@@H]3[C@H]4CC[C@H](C4)[C@H]23)c1. The molecule has 1 aromatic carbocycles. The Hall–Kier alpha value is -1.88. The lowest BCUT2D eigenvalue weighted by atomic mass is 10.0. The molecule has 3 saturated carbocycles. The standard InChI is InChI=1S/C20H27N3O2/c1-11-4-7-14(21-16(24)10-23(2)3)15(8-11)22-20(25)19-17-12-5-6-13(9-12)18(17)19/h4,7-8,12-13,17-19H,5-6,9-10H2,1-3H3,(H,21,24)(H,22,25)/t12-,13+,17+,18-,19?. The molecule has 2 bridgehead atoms. The number of nitrogens with one attached hydrogen (secondary N) is 2. The Balaban J connectivity index is 1.45. The van der Waals surface area contributed by atoms with E-state index in [2.05, 4.69) is 10.6 Å². The predicted octanol–water partition coefficient (Wildman–Crippen LogP) is 2.73. The molecule has 1 aromatic rings. The molecule has 5 nitrogen and oxygen atoms in total. The molecular formula is C20H27N3O2. The average molecular weight is 341 g/mol. The van der Waals surface area contributed by atoms with Gasteiger partial charge in [-0.15, -0.1) is 0 Å². The minimum absolute atomic E-state index is 0.0781. The number of anilines is 2. The van der Waals surface area contributed by atoms with Crippen LogP contribution in [0.3, 0.4) is 0 Å². The maximum absolute atomic E-state index is 12.8. The van der Waals surface area contributed by atoms with Gasteiger partial charge in [-0.1, -0.05) is 6.07 Å². The number of hydrogen-bond acceptors (Lipinski definition) is 3. The van der Waals surface area contributed by atoms with E-state index in [4.69, 9.17) is 0 Å². The Kier molecular flexibility index (Phi) is 4.07. The van der Waals surface area contributed by atoms with Crippen LogP contribution in [-0.4, -0.2) is 37.4 Å². The van der Waals surface area contributed by atoms with Crippen LogP contribution in [0.15, 0.2) is 18.2 Å². The number of carbonyl (C=O) groups excluding carboxylic acids is 2. The lowest BCUT2D eigenvalue weighted by Gasteiger charge is -2.16. The zero-order valence-corrected chi connectivity index (χ0v) is 15.2. The van der Waals surface area contributed by atoms with E-state index < -0.39 is 0 Å². The molecule has 5 atom stereocenters. The van der Waals surface area contributed by atoms with Crippen LogP contribution in [0.25, 0.3) is 0 Å². The molecule has 3 fully saturated rings. The summed E-state index contributed by atoms with van der Waals surface area (Å²) in [6.07, 6.45) is 3.97. The third kappa shape index (κ3) is 3.06. The molecule has 134 valence electrons. The molecule has 3 aliphatic carbocycles. The number of nitrogens with zero attached hydrogens (tertiary/aromatic N) is 1. The third-order valence-electron chi connectivity index (χ3n) is 6.20. The number of fused-ring (bicyclic) bond motifs is 5. The summed E-state index contributed by atoms with van der Waals surface area (Å²) in [5.74, 6) is 3.05. The van der Waals surface area contributed by atoms with Crippen molar-refractivity contribution in [2.75, 3.05) is 31.3 Å². The minimum atomic E-state index is -0.0781. The number of likely N-dealkylation sites (N-methyl/N-ethyl adjacent to an activating group) is 1. The zero-order valence-electron chi connectivity index (χ0n) is 15.2. The molecule has 2 amide bonds. The summed E-state index contributed by atoms with van der Waals surface area (Å²) in [6, 6.07) is 5.76. The van der Waals surface area contributed by atoms with Crippen LogP contribution in [-0.2, 0) is 9.59 Å². The van der Waals surface area contributed by atoms with Crippen LogP contribution < -0.4 is 10.6 Å². The largest absolute Gasteiger partial charge is 0.324 e. The Bertz CT molecular complexity index is 699. The van der Waals surface area contributed by atoms with Gasteiger partial charge >= 0.3 is 0 Å². The number of benzene rings is 1. The van der Waals surface area contributed by atoms with Crippen LogP contribution in [0.5, 0.6) is 0 Å². The second-order valence-corrected chi connectivity index (χ2v) is 8.34. The number of hydrogen-bond donors (Lipinski definition) is 2. The smallest absolute Gasteiger partial charge is 0.238 e. The van der Waals surface area contributed by atoms with Gasteiger partial charge in [0.2, 0.25) is 11.8 Å². The molecule has 0 saturated heterocycles. The normalized spacial score (nSPS) is 31.8. The highest BCUT2D eigenvalue weighted by Gasteiger charge is 2.67. The Morgan fingerprint density at radius 2 is 1.76 bits per heavy atom. The van der Waals surface area contributed by atoms with Crippen LogP contribution in [0, 0.1) is 36.5 Å². The van der Waals surface area contributed by atoms with E-state index in [0.717, 1.165) is 23.1 Å². The summed E-state index contributed by atoms with van der Waals surface area (Å²) in [5.41, 5.74) is 2.46. The predicted molar refractivity (Wildman–Crippen MR) is 98.3 cm³/mol. The number of aryl methyl sites for hydroxylation is 1. The topological polar surface area (TPSA) is 61.4 Å². The van der Waals surface area contributed by atoms with E-state index in [9.17, 15) is 9.59 Å². The Morgan fingerprint density at radius 3 is 2.40 bits per heavy atom. The molecule has 0 heterocycles. The van der Waals surface area contributed by atoms with Crippen molar-refractivity contribution in [1.82, 2.24) is 4.90 Å². The summed E-state index contributed by atoms with van der Waals surface area (Å²) in [7, 11) is 3.72. The zero-order chi connectivity index (χ0) is 17.7. The van der Waals surface area contributed by atoms with Crippen molar-refractivity contribution in [3.8, 4) is 0 Å². The Labute approximate surface area is 149 Å². The van der Waals surface area contributed by atoms with Gasteiger partial charge in [-0.25, -0.2) is 0 Å². The van der Waals surface area contributed by atoms with Gasteiger partial charge in [0.15, 0.2) is 0 Å². The average Bonchev–Trinajstić information content (AvgIpc) is 2.98. The quantitative estimate of drug-likeness (QED) is 0.866. The molecule has 0 spiro atoms. The molecule has 5 heteroatoms. The van der Waals surface area contributed by atoms with Crippen molar-refractivity contribution in [3.63, 3.8) is 0 Å². The maximum atomic E-state index is 12.8. The summed E-state index contributed by atoms with van der Waals surface area (Å²) in [5, 5.41) is 6.02. The fourth-order valence-electron chi connectivity index (χ4n) is 5.24. The first-order chi connectivity index (χ1) is 11.9. The minimum Gasteiger partial charge on any atom is -0.324 e. The summed E-state index contributed by atoms with van der Waals surface area (Å²) >= 11 is 0. The van der Waals surface area contributed by atoms with Crippen LogP contribution >= 0.6 is 0 Å². The van der Waals surface area contributed by atoms with Gasteiger partial charge in [0.25, 0.3) is 0 Å². The first-order valence-electron chi connectivity index (χ1n) is 9.30. The molecule has 25 heavy (non-hydrogen) atoms. The fourth-order valence-corrected chi connectivity index (χ4v) is 5.24. The van der Waals surface area contributed by atoms with E-state index in [-0.39, 0.29) is 17.7 Å². The number of amides is 2. The second-order valence-electron chi connectivity index (χ2n) is 8.34. The van der Waals surface area contributed by atoms with E-state index in [1.165, 1.54) is 19.3 Å². The van der Waals surface area contributed by atoms with Gasteiger partial charge in [-0.3, -0.25) is 9.59 Å². The van der Waals surface area contributed by atoms with Gasteiger partial charge in [0.1, 0.15) is 0 Å². The summed E-state index contributed by atoms with van der Waals surface area (Å²) in [4.78, 5) is 26.7. The van der Waals surface area contributed by atoms with Gasteiger partial charge in [-0.05, 0) is 81.6 Å². The molecule has 3 aliphatic rings. The summed E-state index contributed by atoms with van der Waals surface area (Å²) < 4.78 is 0. The number of rotatable bonds is 5. The van der Waals surface area contributed by atoms with Crippen molar-refractivity contribution >= 4 is 23.2 Å². The molecule has 1 unspecified atom stereocenters. The number of carbonyl (C=O) groups is 2. The van der Waals surface area contributed by atoms with Gasteiger partial charge in [0, 0.05) is 5.92 Å². The third-order valence-corrected chi connectivity index (χ3v) is 6.20.